The molecule has 19 heavy (non-hydrogen) atoms. The van der Waals surface area contributed by atoms with E-state index >= 15 is 0 Å². The van der Waals surface area contributed by atoms with E-state index in [1.54, 1.807) is 11.3 Å². The Labute approximate surface area is 119 Å². The molecule has 1 unspecified atom stereocenters. The number of thiazole rings is 1. The molecule has 0 aliphatic carbocycles. The highest BCUT2D eigenvalue weighted by atomic mass is 32.1. The Hall–Kier alpha value is -1.00. The minimum atomic E-state index is 0.314. The van der Waals surface area contributed by atoms with Gasteiger partial charge in [-0.15, -0.1) is 0 Å². The lowest BCUT2D eigenvalue weighted by atomic mass is 9.76. The number of rotatable bonds is 5. The van der Waals surface area contributed by atoms with E-state index in [4.69, 9.17) is 5.73 Å². The first-order chi connectivity index (χ1) is 9.00. The third kappa shape index (κ3) is 3.74. The first-order valence-corrected chi connectivity index (χ1v) is 7.73. The maximum Gasteiger partial charge on any atom is 0.143 e. The number of aryl methyl sites for hydroxylation is 1. The third-order valence-electron chi connectivity index (χ3n) is 3.66. The zero-order valence-corrected chi connectivity index (χ0v) is 12.8. The normalized spacial score (nSPS) is 13.9. The first-order valence-electron chi connectivity index (χ1n) is 6.91. The molecule has 0 aliphatic rings. The van der Waals surface area contributed by atoms with Crippen molar-refractivity contribution in [3.63, 3.8) is 0 Å². The summed E-state index contributed by atoms with van der Waals surface area (Å²) in [6, 6.07) is 3.97. The van der Waals surface area contributed by atoms with Crippen LogP contribution in [-0.2, 0) is 6.42 Å². The smallest absolute Gasteiger partial charge is 0.143 e. The van der Waals surface area contributed by atoms with Gasteiger partial charge in [-0.25, -0.2) is 9.97 Å². The molecule has 4 heteroatoms. The van der Waals surface area contributed by atoms with E-state index in [2.05, 4.69) is 30.7 Å². The van der Waals surface area contributed by atoms with E-state index in [0.29, 0.717) is 11.3 Å². The predicted octanol–water partition coefficient (Wildman–Crippen LogP) is 3.64. The molecule has 2 heterocycles. The quantitative estimate of drug-likeness (QED) is 0.908. The fraction of sp³-hybridized carbons (Fsp3) is 0.600. The summed E-state index contributed by atoms with van der Waals surface area (Å²) in [5.41, 5.74) is 7.07. The number of nitrogens with two attached hydrogens (primary N) is 1. The van der Waals surface area contributed by atoms with Gasteiger partial charge in [-0.1, -0.05) is 32.1 Å². The van der Waals surface area contributed by atoms with Gasteiger partial charge in [-0.2, -0.15) is 0 Å². The standard InChI is InChI=1S/C15H23N3S/c1-15(2,3)11(8-9-16)6-7-13-18-12-5-4-10-17-14(12)19-13/h4-5,10-11H,6-9,16H2,1-3H3. The molecule has 2 aromatic rings. The second kappa shape index (κ2) is 5.97. The van der Waals surface area contributed by atoms with Crippen molar-refractivity contribution in [3.05, 3.63) is 23.3 Å². The van der Waals surface area contributed by atoms with Crippen LogP contribution in [0.1, 0.15) is 38.6 Å². The van der Waals surface area contributed by atoms with Crippen LogP contribution in [0.25, 0.3) is 10.3 Å². The fourth-order valence-corrected chi connectivity index (χ4v) is 3.35. The summed E-state index contributed by atoms with van der Waals surface area (Å²) in [5.74, 6) is 0.650. The summed E-state index contributed by atoms with van der Waals surface area (Å²) < 4.78 is 0. The van der Waals surface area contributed by atoms with Crippen molar-refractivity contribution in [1.29, 1.82) is 0 Å². The van der Waals surface area contributed by atoms with E-state index < -0.39 is 0 Å². The minimum absolute atomic E-state index is 0.314. The van der Waals surface area contributed by atoms with Crippen molar-refractivity contribution in [3.8, 4) is 0 Å². The number of pyridine rings is 1. The van der Waals surface area contributed by atoms with Gasteiger partial charge in [0.05, 0.1) is 5.01 Å². The van der Waals surface area contributed by atoms with Gasteiger partial charge >= 0.3 is 0 Å². The van der Waals surface area contributed by atoms with Gasteiger partial charge in [0.1, 0.15) is 10.3 Å². The van der Waals surface area contributed by atoms with Gasteiger partial charge in [0.25, 0.3) is 0 Å². The van der Waals surface area contributed by atoms with Crippen LogP contribution >= 0.6 is 11.3 Å². The second-order valence-corrected chi connectivity index (χ2v) is 7.18. The van der Waals surface area contributed by atoms with Gasteiger partial charge < -0.3 is 5.73 Å². The van der Waals surface area contributed by atoms with Crippen molar-refractivity contribution >= 4 is 21.7 Å². The van der Waals surface area contributed by atoms with E-state index in [-0.39, 0.29) is 0 Å². The number of hydrogen-bond donors (Lipinski definition) is 1. The van der Waals surface area contributed by atoms with Crippen molar-refractivity contribution in [1.82, 2.24) is 9.97 Å². The Morgan fingerprint density at radius 2 is 2.11 bits per heavy atom. The van der Waals surface area contributed by atoms with Crippen LogP contribution in [0.5, 0.6) is 0 Å². The molecule has 2 rings (SSSR count). The highest BCUT2D eigenvalue weighted by Crippen LogP contribution is 2.33. The minimum Gasteiger partial charge on any atom is -0.330 e. The van der Waals surface area contributed by atoms with Crippen LogP contribution in [0, 0.1) is 11.3 Å². The van der Waals surface area contributed by atoms with E-state index in [9.17, 15) is 0 Å². The lowest BCUT2D eigenvalue weighted by Crippen LogP contribution is -2.24. The maximum absolute atomic E-state index is 5.73. The third-order valence-corrected chi connectivity index (χ3v) is 4.70. The molecule has 0 aliphatic heterocycles. The molecule has 0 saturated carbocycles. The number of hydrogen-bond acceptors (Lipinski definition) is 4. The highest BCUT2D eigenvalue weighted by Gasteiger charge is 2.23. The zero-order chi connectivity index (χ0) is 13.9. The molecule has 3 nitrogen and oxygen atoms in total. The van der Waals surface area contributed by atoms with Gasteiger partial charge in [-0.05, 0) is 49.3 Å². The summed E-state index contributed by atoms with van der Waals surface area (Å²) in [5, 5.41) is 1.19. The fourth-order valence-electron chi connectivity index (χ4n) is 2.43. The van der Waals surface area contributed by atoms with Crippen LogP contribution < -0.4 is 5.73 Å². The van der Waals surface area contributed by atoms with E-state index in [1.807, 2.05) is 18.3 Å². The Morgan fingerprint density at radius 3 is 2.74 bits per heavy atom. The molecular formula is C15H23N3S. The SMILES string of the molecule is CC(C)(C)C(CCN)CCc1nc2cccnc2s1. The topological polar surface area (TPSA) is 51.8 Å². The molecule has 0 amide bonds. The van der Waals surface area contributed by atoms with E-state index in [1.165, 1.54) is 5.01 Å². The summed E-state index contributed by atoms with van der Waals surface area (Å²) in [7, 11) is 0. The summed E-state index contributed by atoms with van der Waals surface area (Å²) in [6.07, 6.45) is 5.10. The Kier molecular flexibility index (Phi) is 4.53. The number of fused-ring (bicyclic) bond motifs is 1. The highest BCUT2D eigenvalue weighted by molar-refractivity contribution is 7.18. The second-order valence-electron chi connectivity index (χ2n) is 6.11. The lowest BCUT2D eigenvalue weighted by Gasteiger charge is -2.30. The zero-order valence-electron chi connectivity index (χ0n) is 12.0. The summed E-state index contributed by atoms with van der Waals surface area (Å²) >= 11 is 1.71. The van der Waals surface area contributed by atoms with Gasteiger partial charge in [-0.3, -0.25) is 0 Å². The lowest BCUT2D eigenvalue weighted by molar-refractivity contribution is 0.215. The molecule has 0 fully saturated rings. The maximum atomic E-state index is 5.73. The van der Waals surface area contributed by atoms with Gasteiger partial charge in [0.2, 0.25) is 0 Å². The molecule has 1 atom stereocenters. The van der Waals surface area contributed by atoms with Crippen molar-refractivity contribution < 1.29 is 0 Å². The van der Waals surface area contributed by atoms with E-state index in [0.717, 1.165) is 36.2 Å². The molecule has 0 radical (unpaired) electrons. The van der Waals surface area contributed by atoms with Crippen LogP contribution in [0.3, 0.4) is 0 Å². The van der Waals surface area contributed by atoms with Crippen LogP contribution in [0.15, 0.2) is 18.3 Å². The molecule has 0 aromatic carbocycles. The molecule has 104 valence electrons. The Morgan fingerprint density at radius 1 is 1.32 bits per heavy atom. The summed E-state index contributed by atoms with van der Waals surface area (Å²) in [6.45, 7) is 7.66. The Bertz CT molecular complexity index is 494. The first kappa shape index (κ1) is 14.4. The molecule has 0 spiro atoms. The molecular weight excluding hydrogens is 254 g/mol. The predicted molar refractivity (Wildman–Crippen MR) is 82.4 cm³/mol. The van der Waals surface area contributed by atoms with Crippen LogP contribution in [-0.4, -0.2) is 16.5 Å². The van der Waals surface area contributed by atoms with Gasteiger partial charge in [0, 0.05) is 6.20 Å². The van der Waals surface area contributed by atoms with Gasteiger partial charge in [0.15, 0.2) is 0 Å². The van der Waals surface area contributed by atoms with Crippen molar-refractivity contribution in [2.45, 2.75) is 40.0 Å². The molecule has 2 N–H and O–H groups in total. The summed E-state index contributed by atoms with van der Waals surface area (Å²) in [4.78, 5) is 10.0. The van der Waals surface area contributed by atoms with Crippen LogP contribution in [0.4, 0.5) is 0 Å². The van der Waals surface area contributed by atoms with Crippen LogP contribution in [0.2, 0.25) is 0 Å². The average molecular weight is 277 g/mol. The van der Waals surface area contributed by atoms with Crippen molar-refractivity contribution in [2.75, 3.05) is 6.54 Å². The molecule has 0 bridgehead atoms. The molecule has 2 aromatic heterocycles. The molecule has 0 saturated heterocycles. The largest absolute Gasteiger partial charge is 0.330 e. The Balaban J connectivity index is 2.04. The monoisotopic (exact) mass is 277 g/mol. The number of nitrogens with zero attached hydrogens (tertiary/aromatic N) is 2. The average Bonchev–Trinajstić information content (AvgIpc) is 2.75. The number of aromatic nitrogens is 2. The van der Waals surface area contributed by atoms with Crippen molar-refractivity contribution in [2.24, 2.45) is 17.1 Å².